The first-order chi connectivity index (χ1) is 15.5. The summed E-state index contributed by atoms with van der Waals surface area (Å²) in [7, 11) is 0. The molecule has 0 unspecified atom stereocenters. The molecule has 7 heteroatoms. The Balaban J connectivity index is 1.44. The lowest BCUT2D eigenvalue weighted by atomic mass is 10.0. The molecule has 0 spiro atoms. The number of benzene rings is 2. The van der Waals surface area contributed by atoms with Crippen molar-refractivity contribution in [2.24, 2.45) is 0 Å². The van der Waals surface area contributed by atoms with Crippen LogP contribution < -0.4 is 5.32 Å². The Hall–Kier alpha value is -2.99. The van der Waals surface area contributed by atoms with E-state index in [1.54, 1.807) is 0 Å². The quantitative estimate of drug-likeness (QED) is 0.449. The van der Waals surface area contributed by atoms with Gasteiger partial charge < -0.3 is 19.9 Å². The lowest BCUT2D eigenvalue weighted by Crippen LogP contribution is -2.43. The van der Waals surface area contributed by atoms with Crippen LogP contribution in [0.2, 0.25) is 5.02 Å². The standard InChI is InChI=1S/C25H28ClN3O3/c26-18-11-12-22-20(16-18)21-17-28(25(32)27-14-7-2-1-6-10-24(30)31)15-13-23(21)29(22)19-8-4-3-5-9-19/h3-5,8-9,11-12,16H,1-2,6-7,10,13-15,17H2,(H,27,32)(H,30,31). The Morgan fingerprint density at radius 2 is 1.81 bits per heavy atom. The molecule has 0 radical (unpaired) electrons. The van der Waals surface area contributed by atoms with Gasteiger partial charge in [0.2, 0.25) is 0 Å². The lowest BCUT2D eigenvalue weighted by Gasteiger charge is -2.28. The maximum absolute atomic E-state index is 12.8. The lowest BCUT2D eigenvalue weighted by molar-refractivity contribution is -0.137. The number of carboxylic acids is 1. The number of halogens is 1. The minimum atomic E-state index is -0.752. The van der Waals surface area contributed by atoms with Crippen molar-refractivity contribution >= 4 is 34.5 Å². The molecule has 2 heterocycles. The van der Waals surface area contributed by atoms with Crippen LogP contribution in [0.25, 0.3) is 16.6 Å². The molecule has 168 valence electrons. The van der Waals surface area contributed by atoms with Crippen molar-refractivity contribution in [1.82, 2.24) is 14.8 Å². The summed E-state index contributed by atoms with van der Waals surface area (Å²) in [5, 5.41) is 13.5. The van der Waals surface area contributed by atoms with Crippen LogP contribution in [0.3, 0.4) is 0 Å². The van der Waals surface area contributed by atoms with Crippen LogP contribution in [0.15, 0.2) is 48.5 Å². The smallest absolute Gasteiger partial charge is 0.317 e. The molecule has 0 atom stereocenters. The monoisotopic (exact) mass is 453 g/mol. The fourth-order valence-electron chi connectivity index (χ4n) is 4.44. The molecule has 2 aromatic carbocycles. The van der Waals surface area contributed by atoms with Gasteiger partial charge in [0, 0.05) is 59.8 Å². The van der Waals surface area contributed by atoms with Gasteiger partial charge in [-0.3, -0.25) is 4.79 Å². The van der Waals surface area contributed by atoms with Crippen LogP contribution in [0.5, 0.6) is 0 Å². The number of hydrogen-bond acceptors (Lipinski definition) is 2. The zero-order chi connectivity index (χ0) is 22.5. The molecule has 1 aromatic heterocycles. The number of aromatic nitrogens is 1. The van der Waals surface area contributed by atoms with Gasteiger partial charge in [0.1, 0.15) is 0 Å². The van der Waals surface area contributed by atoms with Crippen molar-refractivity contribution in [3.63, 3.8) is 0 Å². The summed E-state index contributed by atoms with van der Waals surface area (Å²) in [6.45, 7) is 1.82. The van der Waals surface area contributed by atoms with Crippen LogP contribution in [-0.4, -0.2) is 39.7 Å². The molecule has 3 aromatic rings. The first-order valence-corrected chi connectivity index (χ1v) is 11.5. The first kappa shape index (κ1) is 22.2. The third-order valence-corrected chi connectivity index (χ3v) is 6.24. The van der Waals surface area contributed by atoms with E-state index in [2.05, 4.69) is 28.1 Å². The first-order valence-electron chi connectivity index (χ1n) is 11.2. The molecule has 2 amide bonds. The number of nitrogens with zero attached hydrogens (tertiary/aromatic N) is 2. The highest BCUT2D eigenvalue weighted by atomic mass is 35.5. The molecule has 6 nitrogen and oxygen atoms in total. The maximum Gasteiger partial charge on any atom is 0.317 e. The second kappa shape index (κ2) is 10.1. The number of nitrogens with one attached hydrogen (secondary N) is 1. The number of carbonyl (C=O) groups excluding carboxylic acids is 1. The topological polar surface area (TPSA) is 74.6 Å². The van der Waals surface area contributed by atoms with E-state index in [0.29, 0.717) is 31.1 Å². The molecule has 0 saturated heterocycles. The average molecular weight is 454 g/mol. The number of rotatable bonds is 8. The number of urea groups is 1. The molecule has 0 saturated carbocycles. The van der Waals surface area contributed by atoms with E-state index in [0.717, 1.165) is 47.8 Å². The van der Waals surface area contributed by atoms with Gasteiger partial charge >= 0.3 is 12.0 Å². The van der Waals surface area contributed by atoms with Crippen molar-refractivity contribution in [3.8, 4) is 5.69 Å². The highest BCUT2D eigenvalue weighted by Crippen LogP contribution is 2.35. The van der Waals surface area contributed by atoms with Crippen LogP contribution in [-0.2, 0) is 17.8 Å². The normalized spacial score (nSPS) is 13.2. The summed E-state index contributed by atoms with van der Waals surface area (Å²) in [5.74, 6) is -0.752. The minimum absolute atomic E-state index is 0.0520. The number of hydrogen-bond donors (Lipinski definition) is 2. The van der Waals surface area contributed by atoms with Crippen LogP contribution in [0, 0.1) is 0 Å². The Bertz CT molecular complexity index is 1110. The summed E-state index contributed by atoms with van der Waals surface area (Å²) in [4.78, 5) is 25.2. The maximum atomic E-state index is 12.8. The van der Waals surface area contributed by atoms with Gasteiger partial charge in [-0.05, 0) is 43.2 Å². The predicted molar refractivity (Wildman–Crippen MR) is 127 cm³/mol. The number of aliphatic carboxylic acids is 1. The third-order valence-electron chi connectivity index (χ3n) is 6.01. The second-order valence-corrected chi connectivity index (χ2v) is 8.66. The zero-order valence-corrected chi connectivity index (χ0v) is 18.8. The van der Waals surface area contributed by atoms with Crippen molar-refractivity contribution < 1.29 is 14.7 Å². The largest absolute Gasteiger partial charge is 0.481 e. The van der Waals surface area contributed by atoms with Crippen molar-refractivity contribution in [2.45, 2.75) is 45.1 Å². The van der Waals surface area contributed by atoms with Crippen molar-refractivity contribution in [1.29, 1.82) is 0 Å². The second-order valence-electron chi connectivity index (χ2n) is 8.22. The molecule has 4 rings (SSSR count). The molecule has 1 aliphatic rings. The summed E-state index contributed by atoms with van der Waals surface area (Å²) in [6, 6.07) is 16.2. The van der Waals surface area contributed by atoms with Gasteiger partial charge in [0.05, 0.1) is 5.52 Å². The van der Waals surface area contributed by atoms with Gasteiger partial charge in [-0.15, -0.1) is 0 Å². The Labute approximate surface area is 192 Å². The van der Waals surface area contributed by atoms with Crippen LogP contribution in [0.1, 0.15) is 43.4 Å². The van der Waals surface area contributed by atoms with E-state index in [-0.39, 0.29) is 12.5 Å². The van der Waals surface area contributed by atoms with Gasteiger partial charge in [-0.25, -0.2) is 4.79 Å². The summed E-state index contributed by atoms with van der Waals surface area (Å²) < 4.78 is 2.29. The summed E-state index contributed by atoms with van der Waals surface area (Å²) in [5.41, 5.74) is 4.61. The van der Waals surface area contributed by atoms with Crippen molar-refractivity contribution in [3.05, 3.63) is 64.8 Å². The van der Waals surface area contributed by atoms with E-state index in [9.17, 15) is 9.59 Å². The third kappa shape index (κ3) is 4.91. The zero-order valence-electron chi connectivity index (χ0n) is 18.0. The van der Waals surface area contributed by atoms with Crippen LogP contribution >= 0.6 is 11.6 Å². The number of fused-ring (bicyclic) bond motifs is 3. The number of carbonyl (C=O) groups is 2. The van der Waals surface area contributed by atoms with E-state index in [1.165, 1.54) is 5.69 Å². The Morgan fingerprint density at radius 1 is 1.03 bits per heavy atom. The van der Waals surface area contributed by atoms with E-state index >= 15 is 0 Å². The molecule has 1 aliphatic heterocycles. The Morgan fingerprint density at radius 3 is 2.59 bits per heavy atom. The molecule has 0 bridgehead atoms. The van der Waals surface area contributed by atoms with Gasteiger partial charge in [-0.1, -0.05) is 42.6 Å². The summed E-state index contributed by atoms with van der Waals surface area (Å²) >= 11 is 6.32. The van der Waals surface area contributed by atoms with Gasteiger partial charge in [0.25, 0.3) is 0 Å². The molecule has 0 aliphatic carbocycles. The summed E-state index contributed by atoms with van der Waals surface area (Å²) in [6.07, 6.45) is 4.32. The molecule has 0 fully saturated rings. The fraction of sp³-hybridized carbons (Fsp3) is 0.360. The highest BCUT2D eigenvalue weighted by Gasteiger charge is 2.27. The fourth-order valence-corrected chi connectivity index (χ4v) is 4.61. The Kier molecular flexibility index (Phi) is 7.00. The van der Waals surface area contributed by atoms with Gasteiger partial charge in [0.15, 0.2) is 0 Å². The predicted octanol–water partition coefficient (Wildman–Crippen LogP) is 5.39. The minimum Gasteiger partial charge on any atom is -0.481 e. The van der Waals surface area contributed by atoms with Crippen LogP contribution in [0.4, 0.5) is 4.79 Å². The molecular weight excluding hydrogens is 426 g/mol. The van der Waals surface area contributed by atoms with E-state index in [1.807, 2.05) is 35.2 Å². The average Bonchev–Trinajstić information content (AvgIpc) is 3.11. The molecule has 32 heavy (non-hydrogen) atoms. The molecule has 2 N–H and O–H groups in total. The van der Waals surface area contributed by atoms with E-state index < -0.39 is 5.97 Å². The highest BCUT2D eigenvalue weighted by molar-refractivity contribution is 6.31. The number of carboxylic acid groups (broad SMARTS) is 1. The number of unbranched alkanes of at least 4 members (excludes halogenated alkanes) is 3. The van der Waals surface area contributed by atoms with Gasteiger partial charge in [-0.2, -0.15) is 0 Å². The van der Waals surface area contributed by atoms with Crippen molar-refractivity contribution in [2.75, 3.05) is 13.1 Å². The molecular formula is C25H28ClN3O3. The van der Waals surface area contributed by atoms with E-state index in [4.69, 9.17) is 16.7 Å². The number of para-hydroxylation sites is 1. The number of amides is 2. The SMILES string of the molecule is O=C(O)CCCCCCNC(=O)N1CCc2c(c3cc(Cl)ccc3n2-c2ccccc2)C1.